The zero-order valence-electron chi connectivity index (χ0n) is 11.8. The molecule has 1 aromatic rings. The van der Waals surface area contributed by atoms with Crippen molar-refractivity contribution in [1.82, 2.24) is 4.31 Å². The summed E-state index contributed by atoms with van der Waals surface area (Å²) in [7, 11) is -1.61. The molecule has 0 aliphatic heterocycles. The molecular formula is C14H20BrNO2S2. The van der Waals surface area contributed by atoms with Gasteiger partial charge >= 0.3 is 0 Å². The molecule has 112 valence electrons. The van der Waals surface area contributed by atoms with E-state index in [0.717, 1.165) is 20.5 Å². The molecule has 3 nitrogen and oxygen atoms in total. The van der Waals surface area contributed by atoms with Crippen LogP contribution in [0.4, 0.5) is 0 Å². The van der Waals surface area contributed by atoms with Crippen molar-refractivity contribution in [3.63, 3.8) is 0 Å². The van der Waals surface area contributed by atoms with Gasteiger partial charge in [0.05, 0.1) is 8.68 Å². The summed E-state index contributed by atoms with van der Waals surface area (Å²) in [6, 6.07) is 1.73. The van der Waals surface area contributed by atoms with Crippen LogP contribution in [0.5, 0.6) is 0 Å². The van der Waals surface area contributed by atoms with E-state index in [2.05, 4.69) is 15.9 Å². The van der Waals surface area contributed by atoms with Crippen LogP contribution in [0.15, 0.2) is 14.7 Å². The lowest BCUT2D eigenvalue weighted by atomic mass is 9.89. The molecule has 20 heavy (non-hydrogen) atoms. The van der Waals surface area contributed by atoms with Crippen molar-refractivity contribution in [2.75, 3.05) is 13.6 Å². The molecule has 3 rings (SSSR count). The molecule has 0 saturated heterocycles. The first kappa shape index (κ1) is 15.0. The summed E-state index contributed by atoms with van der Waals surface area (Å²) in [5.41, 5.74) is 0. The molecule has 2 fully saturated rings. The predicted octanol–water partition coefficient (Wildman–Crippen LogP) is 3.88. The first-order valence-electron chi connectivity index (χ1n) is 7.10. The minimum absolute atomic E-state index is 0.458. The van der Waals surface area contributed by atoms with Crippen LogP contribution < -0.4 is 0 Å². The minimum atomic E-state index is -3.34. The number of nitrogens with zero attached hydrogens (tertiary/aromatic N) is 1. The molecule has 1 heterocycles. The van der Waals surface area contributed by atoms with Gasteiger partial charge in [-0.15, -0.1) is 11.3 Å². The van der Waals surface area contributed by atoms with E-state index in [4.69, 9.17) is 0 Å². The minimum Gasteiger partial charge on any atom is -0.207 e. The lowest BCUT2D eigenvalue weighted by molar-refractivity contribution is 0.280. The highest BCUT2D eigenvalue weighted by atomic mass is 79.9. The third-order valence-corrected chi connectivity index (χ3v) is 8.54. The van der Waals surface area contributed by atoms with E-state index in [9.17, 15) is 8.42 Å². The second kappa shape index (κ2) is 5.38. The maximum atomic E-state index is 12.7. The van der Waals surface area contributed by atoms with E-state index >= 15 is 0 Å². The summed E-state index contributed by atoms with van der Waals surface area (Å²) in [4.78, 5) is 1.32. The van der Waals surface area contributed by atoms with Gasteiger partial charge in [-0.25, -0.2) is 12.7 Å². The molecule has 0 radical (unpaired) electrons. The van der Waals surface area contributed by atoms with Gasteiger partial charge in [-0.3, -0.25) is 0 Å². The highest BCUT2D eigenvalue weighted by Crippen LogP contribution is 2.48. The van der Waals surface area contributed by atoms with Gasteiger partial charge in [0.15, 0.2) is 0 Å². The van der Waals surface area contributed by atoms with E-state index < -0.39 is 10.0 Å². The van der Waals surface area contributed by atoms with Gasteiger partial charge in [0.1, 0.15) is 0 Å². The van der Waals surface area contributed by atoms with Gasteiger partial charge < -0.3 is 0 Å². The summed E-state index contributed by atoms with van der Waals surface area (Å²) < 4.78 is 27.8. The van der Waals surface area contributed by atoms with Crippen LogP contribution in [-0.2, 0) is 10.0 Å². The van der Waals surface area contributed by atoms with E-state index in [1.165, 1.54) is 37.0 Å². The number of sulfonamides is 1. The Labute approximate surface area is 133 Å². The summed E-state index contributed by atoms with van der Waals surface area (Å²) in [5, 5.41) is 0. The molecule has 0 N–H and O–H groups in total. The fraction of sp³-hybridized carbons (Fsp3) is 0.714. The average Bonchev–Trinajstić information content (AvgIpc) is 3.04. The highest BCUT2D eigenvalue weighted by Gasteiger charge is 2.41. The van der Waals surface area contributed by atoms with Crippen LogP contribution in [-0.4, -0.2) is 26.3 Å². The van der Waals surface area contributed by atoms with Crippen LogP contribution in [0.2, 0.25) is 0 Å². The SMILES string of the molecule is Cc1sc(Br)cc1S(=O)(=O)N(C)CC1CC2CCC1C2. The Bertz CT molecular complexity index is 611. The van der Waals surface area contributed by atoms with Crippen molar-refractivity contribution in [2.45, 2.75) is 37.5 Å². The number of rotatable bonds is 4. The molecule has 1 aromatic heterocycles. The van der Waals surface area contributed by atoms with E-state index in [-0.39, 0.29) is 0 Å². The smallest absolute Gasteiger partial charge is 0.207 e. The monoisotopic (exact) mass is 377 g/mol. The largest absolute Gasteiger partial charge is 0.243 e. The average molecular weight is 378 g/mol. The fourth-order valence-electron chi connectivity index (χ4n) is 3.88. The zero-order chi connectivity index (χ0) is 14.5. The Hall–Kier alpha value is 0.0900. The standard InChI is InChI=1S/C14H20BrNO2S2/c1-9-13(7-14(15)19-9)20(17,18)16(2)8-12-6-10-3-4-11(12)5-10/h7,10-12H,3-6,8H2,1-2H3. The number of aryl methyl sites for hydroxylation is 1. The van der Waals surface area contributed by atoms with Crippen molar-refractivity contribution in [3.8, 4) is 0 Å². The first-order chi connectivity index (χ1) is 9.38. The molecule has 0 aromatic carbocycles. The maximum absolute atomic E-state index is 12.7. The van der Waals surface area contributed by atoms with Crippen LogP contribution in [0.25, 0.3) is 0 Å². The lowest BCUT2D eigenvalue weighted by Gasteiger charge is -2.26. The van der Waals surface area contributed by atoms with Gasteiger partial charge in [-0.1, -0.05) is 6.42 Å². The molecule has 2 saturated carbocycles. The van der Waals surface area contributed by atoms with Crippen LogP contribution in [0.3, 0.4) is 0 Å². The lowest BCUT2D eigenvalue weighted by Crippen LogP contribution is -2.33. The Morgan fingerprint density at radius 3 is 2.65 bits per heavy atom. The second-order valence-electron chi connectivity index (χ2n) is 6.19. The molecule has 2 bridgehead atoms. The van der Waals surface area contributed by atoms with Gasteiger partial charge in [0, 0.05) is 18.5 Å². The van der Waals surface area contributed by atoms with Crippen LogP contribution in [0, 0.1) is 24.7 Å². The van der Waals surface area contributed by atoms with Crippen LogP contribution >= 0.6 is 27.3 Å². The number of hydrogen-bond donors (Lipinski definition) is 0. The molecule has 6 heteroatoms. The number of halogens is 1. The molecule has 3 unspecified atom stereocenters. The van der Waals surface area contributed by atoms with Crippen molar-refractivity contribution in [1.29, 1.82) is 0 Å². The van der Waals surface area contributed by atoms with Gasteiger partial charge in [0.2, 0.25) is 10.0 Å². The normalized spacial score (nSPS) is 29.5. The molecular weight excluding hydrogens is 358 g/mol. The first-order valence-corrected chi connectivity index (χ1v) is 10.1. The number of fused-ring (bicyclic) bond motifs is 2. The van der Waals surface area contributed by atoms with Gasteiger partial charge in [-0.05, 0) is 65.9 Å². The van der Waals surface area contributed by atoms with Crippen molar-refractivity contribution in [2.24, 2.45) is 17.8 Å². The number of hydrogen-bond acceptors (Lipinski definition) is 3. The zero-order valence-corrected chi connectivity index (χ0v) is 15.0. The molecule has 0 spiro atoms. The Morgan fingerprint density at radius 1 is 1.40 bits per heavy atom. The Morgan fingerprint density at radius 2 is 2.15 bits per heavy atom. The summed E-state index contributed by atoms with van der Waals surface area (Å²) >= 11 is 4.85. The topological polar surface area (TPSA) is 37.4 Å². The summed E-state index contributed by atoms with van der Waals surface area (Å²) in [6.07, 6.45) is 5.19. The van der Waals surface area contributed by atoms with Gasteiger partial charge in [0.25, 0.3) is 0 Å². The van der Waals surface area contributed by atoms with Crippen LogP contribution in [0.1, 0.15) is 30.6 Å². The van der Waals surface area contributed by atoms with Crippen molar-refractivity contribution in [3.05, 3.63) is 14.7 Å². The number of thiophene rings is 1. The van der Waals surface area contributed by atoms with Gasteiger partial charge in [-0.2, -0.15) is 0 Å². The fourth-order valence-corrected chi connectivity index (χ4v) is 7.49. The Balaban J connectivity index is 1.76. The highest BCUT2D eigenvalue weighted by molar-refractivity contribution is 9.11. The molecule has 2 aliphatic rings. The summed E-state index contributed by atoms with van der Waals surface area (Å²) in [6.45, 7) is 2.55. The third-order valence-electron chi connectivity index (χ3n) is 4.91. The molecule has 2 aliphatic carbocycles. The summed E-state index contributed by atoms with van der Waals surface area (Å²) in [5.74, 6) is 2.18. The van der Waals surface area contributed by atoms with E-state index in [0.29, 0.717) is 17.4 Å². The second-order valence-corrected chi connectivity index (χ2v) is 10.8. The Kier molecular flexibility index (Phi) is 4.03. The maximum Gasteiger partial charge on any atom is 0.243 e. The molecule has 3 atom stereocenters. The van der Waals surface area contributed by atoms with E-state index in [1.54, 1.807) is 17.4 Å². The van der Waals surface area contributed by atoms with E-state index in [1.807, 2.05) is 6.92 Å². The predicted molar refractivity (Wildman–Crippen MR) is 85.5 cm³/mol. The third kappa shape index (κ3) is 2.60. The van der Waals surface area contributed by atoms with Crippen molar-refractivity contribution < 1.29 is 8.42 Å². The molecule has 0 amide bonds. The quantitative estimate of drug-likeness (QED) is 0.798. The van der Waals surface area contributed by atoms with Crippen molar-refractivity contribution >= 4 is 37.3 Å².